The number of aromatic nitrogens is 4. The van der Waals surface area contributed by atoms with Crippen molar-refractivity contribution in [3.63, 3.8) is 0 Å². The van der Waals surface area contributed by atoms with Gasteiger partial charge in [-0.05, 0) is 12.8 Å². The molecule has 0 unspecified atom stereocenters. The molecular formula is C10H17N4O13P3. The van der Waals surface area contributed by atoms with Crippen LogP contribution in [0.4, 0.5) is 0 Å². The van der Waals surface area contributed by atoms with Gasteiger partial charge in [0.15, 0.2) is 11.2 Å². The quantitative estimate of drug-likeness (QED) is 0.250. The van der Waals surface area contributed by atoms with Crippen LogP contribution in [0, 0.1) is 0 Å². The van der Waals surface area contributed by atoms with Gasteiger partial charge >= 0.3 is 23.5 Å². The van der Waals surface area contributed by atoms with Gasteiger partial charge in [-0.25, -0.2) is 23.7 Å². The molecule has 7 N–H and O–H groups in total. The number of nitrogens with zero attached hydrogens (tertiary/aromatic N) is 4. The van der Waals surface area contributed by atoms with Gasteiger partial charge in [-0.2, -0.15) is 13.6 Å². The Balaban J connectivity index is 0.000000224. The predicted molar refractivity (Wildman–Crippen MR) is 93.3 cm³/mol. The van der Waals surface area contributed by atoms with Gasteiger partial charge in [0.05, 0.1) is 19.0 Å². The molecule has 2 aromatic rings. The van der Waals surface area contributed by atoms with Crippen molar-refractivity contribution in [2.75, 3.05) is 6.61 Å². The Hall–Kier alpha value is -1.32. The average Bonchev–Trinajstić information content (AvgIpc) is 3.17. The van der Waals surface area contributed by atoms with Crippen molar-refractivity contribution in [3.8, 4) is 5.88 Å². The highest BCUT2D eigenvalue weighted by Gasteiger charge is 2.38. The first-order valence-electron chi connectivity index (χ1n) is 7.70. The molecule has 0 aromatic carbocycles. The molecule has 3 heterocycles. The summed E-state index contributed by atoms with van der Waals surface area (Å²) < 4.78 is 43.8. The van der Waals surface area contributed by atoms with Crippen LogP contribution in [0.3, 0.4) is 0 Å². The molecule has 17 nitrogen and oxygen atoms in total. The highest BCUT2D eigenvalue weighted by molar-refractivity contribution is 7.66. The van der Waals surface area contributed by atoms with Crippen molar-refractivity contribution < 1.29 is 61.7 Å². The number of hydrogen-bond acceptors (Lipinski definition) is 11. The number of ether oxygens (including phenoxy) is 1. The Bertz CT molecular complexity index is 990. The summed E-state index contributed by atoms with van der Waals surface area (Å²) in [6.45, 7) is 0.0172. The Morgan fingerprint density at radius 3 is 2.13 bits per heavy atom. The summed E-state index contributed by atoms with van der Waals surface area (Å²) in [6.07, 6.45) is 4.14. The maximum absolute atomic E-state index is 10.4. The summed E-state index contributed by atoms with van der Waals surface area (Å²) in [7, 11) is -16.2. The van der Waals surface area contributed by atoms with Crippen LogP contribution in [0.5, 0.6) is 5.88 Å². The van der Waals surface area contributed by atoms with Crippen molar-refractivity contribution in [2.45, 2.75) is 25.2 Å². The number of aliphatic hydroxyl groups is 1. The predicted octanol–water partition coefficient (Wildman–Crippen LogP) is -0.493. The summed E-state index contributed by atoms with van der Waals surface area (Å²) in [5, 5.41) is 18.5. The lowest BCUT2D eigenvalue weighted by atomic mass is 10.2. The second-order valence-electron chi connectivity index (χ2n) is 5.61. The first-order valence-corrected chi connectivity index (χ1v) is 12.3. The first-order chi connectivity index (χ1) is 13.7. The van der Waals surface area contributed by atoms with E-state index in [1.807, 2.05) is 0 Å². The summed E-state index contributed by atoms with van der Waals surface area (Å²) in [4.78, 5) is 52.0. The molecule has 1 aliphatic heterocycles. The molecule has 30 heavy (non-hydrogen) atoms. The topological polar surface area (TPSA) is 264 Å². The summed E-state index contributed by atoms with van der Waals surface area (Å²) in [5.74, 6) is -0.134. The smallest absolute Gasteiger partial charge is 0.490 e. The zero-order valence-corrected chi connectivity index (χ0v) is 17.3. The standard InChI is InChI=1S/C10H12N4O3.H5O10P3/c15-3-6-1-2-7(17-6)14-5-13-8-9(14)11-4-12-10(8)16;1-11(2,3)9-13(7,8)10-12(4,5)6/h4-7,15H,1-3H2,(H,11,12,16);(H,7,8)(H2,1,2,3)(H2,4,5,6)/t6-,7+;/m0./s1. The van der Waals surface area contributed by atoms with Crippen molar-refractivity contribution in [2.24, 2.45) is 0 Å². The van der Waals surface area contributed by atoms with Crippen LogP contribution in [0.2, 0.25) is 0 Å². The van der Waals surface area contributed by atoms with E-state index >= 15 is 0 Å². The van der Waals surface area contributed by atoms with Gasteiger partial charge in [-0.1, -0.05) is 0 Å². The van der Waals surface area contributed by atoms with Crippen LogP contribution in [0.15, 0.2) is 12.7 Å². The van der Waals surface area contributed by atoms with Gasteiger partial charge < -0.3 is 39.4 Å². The van der Waals surface area contributed by atoms with E-state index in [4.69, 9.17) is 34.3 Å². The molecule has 20 heteroatoms. The minimum absolute atomic E-state index is 0.0172. The highest BCUT2D eigenvalue weighted by atomic mass is 31.3. The molecule has 0 spiro atoms. The third-order valence-electron chi connectivity index (χ3n) is 3.36. The molecular weight excluding hydrogens is 477 g/mol. The molecule has 170 valence electrons. The fourth-order valence-electron chi connectivity index (χ4n) is 2.36. The maximum atomic E-state index is 10.4. The largest absolute Gasteiger partial charge is 0.492 e. The lowest BCUT2D eigenvalue weighted by Crippen LogP contribution is -2.14. The van der Waals surface area contributed by atoms with Crippen LogP contribution in [0.1, 0.15) is 19.1 Å². The van der Waals surface area contributed by atoms with Gasteiger partial charge in [-0.3, -0.25) is 4.57 Å². The minimum Gasteiger partial charge on any atom is -0.492 e. The van der Waals surface area contributed by atoms with Crippen LogP contribution in [0.25, 0.3) is 11.2 Å². The van der Waals surface area contributed by atoms with E-state index in [-0.39, 0.29) is 24.8 Å². The Kier molecular flexibility index (Phi) is 7.85. The van der Waals surface area contributed by atoms with Crippen molar-refractivity contribution >= 4 is 34.6 Å². The van der Waals surface area contributed by atoms with Crippen molar-refractivity contribution in [1.82, 2.24) is 19.5 Å². The zero-order chi connectivity index (χ0) is 22.7. The Morgan fingerprint density at radius 2 is 1.63 bits per heavy atom. The molecule has 0 amide bonds. The van der Waals surface area contributed by atoms with Gasteiger partial charge in [-0.15, -0.1) is 0 Å². The lowest BCUT2D eigenvalue weighted by molar-refractivity contribution is -0.0207. The van der Waals surface area contributed by atoms with Gasteiger partial charge in [0.2, 0.25) is 5.88 Å². The van der Waals surface area contributed by atoms with Gasteiger partial charge in [0.25, 0.3) is 0 Å². The van der Waals surface area contributed by atoms with Crippen molar-refractivity contribution in [3.05, 3.63) is 12.7 Å². The van der Waals surface area contributed by atoms with E-state index in [1.54, 1.807) is 10.9 Å². The van der Waals surface area contributed by atoms with E-state index in [0.29, 0.717) is 11.2 Å². The summed E-state index contributed by atoms with van der Waals surface area (Å²) >= 11 is 0. The molecule has 0 bridgehead atoms. The maximum Gasteiger partial charge on any atom is 0.490 e. The average molecular weight is 494 g/mol. The third kappa shape index (κ3) is 7.42. The van der Waals surface area contributed by atoms with Gasteiger partial charge in [0.1, 0.15) is 12.6 Å². The summed E-state index contributed by atoms with van der Waals surface area (Å²) in [5.41, 5.74) is 0.907. The molecule has 2 atom stereocenters. The molecule has 3 rings (SSSR count). The monoisotopic (exact) mass is 494 g/mol. The molecule has 1 saturated heterocycles. The molecule has 1 fully saturated rings. The van der Waals surface area contributed by atoms with Crippen LogP contribution in [-0.4, -0.2) is 66.9 Å². The number of phosphoric acid groups is 3. The van der Waals surface area contributed by atoms with Crippen LogP contribution < -0.4 is 0 Å². The van der Waals surface area contributed by atoms with Crippen LogP contribution in [-0.2, 0) is 27.1 Å². The molecule has 0 saturated carbocycles. The number of imidazole rings is 1. The number of rotatable bonds is 6. The molecule has 2 aromatic heterocycles. The first kappa shape index (κ1) is 24.9. The van der Waals surface area contributed by atoms with E-state index < -0.39 is 23.5 Å². The van der Waals surface area contributed by atoms with E-state index in [0.717, 1.165) is 12.8 Å². The lowest BCUT2D eigenvalue weighted by Gasteiger charge is -2.13. The Morgan fingerprint density at radius 1 is 1.03 bits per heavy atom. The van der Waals surface area contributed by atoms with Crippen molar-refractivity contribution in [1.29, 1.82) is 0 Å². The molecule has 1 aliphatic rings. The fraction of sp³-hybridized carbons (Fsp3) is 0.500. The number of aromatic hydroxyl groups is 1. The van der Waals surface area contributed by atoms with E-state index in [2.05, 4.69) is 23.6 Å². The normalized spacial score (nSPS) is 20.2. The molecule has 0 aliphatic carbocycles. The number of fused-ring (bicyclic) bond motifs is 1. The number of hydrogen-bond donors (Lipinski definition) is 7. The highest BCUT2D eigenvalue weighted by Crippen LogP contribution is 2.64. The van der Waals surface area contributed by atoms with E-state index in [9.17, 15) is 18.8 Å². The second-order valence-corrected chi connectivity index (χ2v) is 9.81. The summed E-state index contributed by atoms with van der Waals surface area (Å²) in [6, 6.07) is 0. The van der Waals surface area contributed by atoms with Crippen LogP contribution >= 0.6 is 23.5 Å². The number of aliphatic hydroxyl groups excluding tert-OH is 1. The minimum atomic E-state index is -5.46. The fourth-order valence-corrected chi connectivity index (χ4v) is 4.90. The second kappa shape index (κ2) is 9.44. The SMILES string of the molecule is O=P(O)(O)OP(=O)(O)OP(=O)(O)O.OC[C@@H]1CC[C@H](n2cnc3c(O)ncnc32)O1. The van der Waals surface area contributed by atoms with E-state index in [1.165, 1.54) is 6.33 Å². The zero-order valence-electron chi connectivity index (χ0n) is 14.6. The Labute approximate surface area is 167 Å². The van der Waals surface area contributed by atoms with Gasteiger partial charge in [0, 0.05) is 0 Å². The molecule has 0 radical (unpaired) electrons. The third-order valence-corrected chi connectivity index (χ3v) is 6.71.